The third-order valence-electron chi connectivity index (χ3n) is 6.20. The second-order valence-corrected chi connectivity index (χ2v) is 8.51. The molecule has 7 heteroatoms. The average Bonchev–Trinajstić information content (AvgIpc) is 2.86. The van der Waals surface area contributed by atoms with Crippen molar-refractivity contribution in [2.24, 2.45) is 0 Å². The Kier molecular flexibility index (Phi) is 6.82. The van der Waals surface area contributed by atoms with Gasteiger partial charge in [-0.2, -0.15) is 0 Å². The molecule has 1 aliphatic rings. The van der Waals surface area contributed by atoms with Gasteiger partial charge >= 0.3 is 0 Å². The Labute approximate surface area is 193 Å². The molecule has 0 bridgehead atoms. The first kappa shape index (κ1) is 22.6. The van der Waals surface area contributed by atoms with Gasteiger partial charge in [-0.15, -0.1) is 0 Å². The molecule has 7 nitrogen and oxygen atoms in total. The van der Waals surface area contributed by atoms with Gasteiger partial charge in [0, 0.05) is 60.8 Å². The topological polar surface area (TPSA) is 85.8 Å². The van der Waals surface area contributed by atoms with Gasteiger partial charge in [0.05, 0.1) is 0 Å². The number of hydrogen-bond acceptors (Lipinski definition) is 5. The van der Waals surface area contributed by atoms with Crippen LogP contribution in [0.5, 0.6) is 0 Å². The lowest BCUT2D eigenvalue weighted by molar-refractivity contribution is 0.0270. The summed E-state index contributed by atoms with van der Waals surface area (Å²) in [5, 5.41) is 8.78. The van der Waals surface area contributed by atoms with Crippen molar-refractivity contribution in [1.29, 1.82) is 0 Å². The van der Waals surface area contributed by atoms with E-state index < -0.39 is 5.91 Å². The lowest BCUT2D eigenvalue weighted by Crippen LogP contribution is -2.57. The van der Waals surface area contributed by atoms with E-state index in [0.29, 0.717) is 24.2 Å². The van der Waals surface area contributed by atoms with Crippen molar-refractivity contribution in [3.63, 3.8) is 0 Å². The molecule has 2 amide bonds. The number of aromatic nitrogens is 1. The minimum absolute atomic E-state index is 0.0344. The molecule has 0 radical (unpaired) electrons. The SMILES string of the molecule is CC1CN(C(=O)c2ccccc2-c2cccnc2)CC(C)N1Cc1ccc(C(=O)NO)cc1. The summed E-state index contributed by atoms with van der Waals surface area (Å²) in [6, 6.07) is 19.1. The molecular formula is C26H28N4O3. The van der Waals surface area contributed by atoms with Crippen molar-refractivity contribution in [2.75, 3.05) is 13.1 Å². The van der Waals surface area contributed by atoms with Gasteiger partial charge in [-0.25, -0.2) is 5.48 Å². The Hall–Kier alpha value is -3.55. The average molecular weight is 445 g/mol. The zero-order valence-corrected chi connectivity index (χ0v) is 18.8. The zero-order valence-electron chi connectivity index (χ0n) is 18.8. The van der Waals surface area contributed by atoms with E-state index >= 15 is 0 Å². The first-order chi connectivity index (χ1) is 16.0. The van der Waals surface area contributed by atoms with Crippen molar-refractivity contribution in [2.45, 2.75) is 32.5 Å². The molecule has 0 saturated carbocycles. The fourth-order valence-corrected chi connectivity index (χ4v) is 4.48. The normalized spacial score (nSPS) is 18.7. The molecule has 2 atom stereocenters. The molecule has 0 spiro atoms. The summed E-state index contributed by atoms with van der Waals surface area (Å²) in [7, 11) is 0. The molecule has 2 heterocycles. The lowest BCUT2D eigenvalue weighted by Gasteiger charge is -2.44. The summed E-state index contributed by atoms with van der Waals surface area (Å²) in [5.41, 5.74) is 5.65. The number of carbonyl (C=O) groups is 2. The minimum Gasteiger partial charge on any atom is -0.336 e. The van der Waals surface area contributed by atoms with E-state index in [1.165, 1.54) is 0 Å². The van der Waals surface area contributed by atoms with Crippen LogP contribution >= 0.6 is 0 Å². The van der Waals surface area contributed by atoms with Gasteiger partial charge < -0.3 is 4.90 Å². The Morgan fingerprint density at radius 3 is 2.33 bits per heavy atom. The minimum atomic E-state index is -0.526. The predicted octanol–water partition coefficient (Wildman–Crippen LogP) is 3.60. The van der Waals surface area contributed by atoms with E-state index in [2.05, 4.69) is 23.7 Å². The van der Waals surface area contributed by atoms with Gasteiger partial charge in [0.2, 0.25) is 0 Å². The molecule has 3 aromatic rings. The van der Waals surface area contributed by atoms with Gasteiger partial charge in [0.15, 0.2) is 0 Å². The number of nitrogens with one attached hydrogen (secondary N) is 1. The zero-order chi connectivity index (χ0) is 23.4. The maximum atomic E-state index is 13.5. The number of carbonyl (C=O) groups excluding carboxylic acids is 2. The van der Waals surface area contributed by atoms with E-state index in [1.54, 1.807) is 30.0 Å². The van der Waals surface area contributed by atoms with Gasteiger partial charge in [-0.1, -0.05) is 36.4 Å². The molecular weight excluding hydrogens is 416 g/mol. The highest BCUT2D eigenvalue weighted by molar-refractivity contribution is 6.01. The van der Waals surface area contributed by atoms with Crippen LogP contribution in [0.3, 0.4) is 0 Å². The van der Waals surface area contributed by atoms with Crippen molar-refractivity contribution in [3.05, 3.63) is 89.7 Å². The fraction of sp³-hybridized carbons (Fsp3) is 0.269. The summed E-state index contributed by atoms with van der Waals surface area (Å²) in [6.07, 6.45) is 3.51. The highest BCUT2D eigenvalue weighted by atomic mass is 16.5. The standard InChI is InChI=1S/C26H28N4O3/c1-18-15-29(26(32)24-8-4-3-7-23(24)22-6-5-13-27-14-22)16-19(2)30(18)17-20-9-11-21(12-10-20)25(31)28-33/h3-14,18-19,33H,15-17H2,1-2H3,(H,28,31). The first-order valence-electron chi connectivity index (χ1n) is 11.1. The van der Waals surface area contributed by atoms with Crippen molar-refractivity contribution in [1.82, 2.24) is 20.3 Å². The monoisotopic (exact) mass is 444 g/mol. The smallest absolute Gasteiger partial charge is 0.274 e. The number of pyridine rings is 1. The fourth-order valence-electron chi connectivity index (χ4n) is 4.48. The number of hydrogen-bond donors (Lipinski definition) is 2. The number of amides is 2. The molecule has 2 unspecified atom stereocenters. The number of piperazine rings is 1. The summed E-state index contributed by atoms with van der Waals surface area (Å²) < 4.78 is 0. The molecule has 33 heavy (non-hydrogen) atoms. The van der Waals surface area contributed by atoms with Crippen LogP contribution < -0.4 is 5.48 Å². The predicted molar refractivity (Wildman–Crippen MR) is 126 cm³/mol. The quantitative estimate of drug-likeness (QED) is 0.464. The third kappa shape index (κ3) is 4.94. The van der Waals surface area contributed by atoms with E-state index in [-0.39, 0.29) is 18.0 Å². The second-order valence-electron chi connectivity index (χ2n) is 8.51. The summed E-state index contributed by atoms with van der Waals surface area (Å²) in [4.78, 5) is 33.6. The van der Waals surface area contributed by atoms with Gasteiger partial charge in [-0.05, 0) is 49.2 Å². The number of nitrogens with zero attached hydrogens (tertiary/aromatic N) is 3. The molecule has 1 aliphatic heterocycles. The molecule has 2 aromatic carbocycles. The second kappa shape index (κ2) is 9.94. The molecule has 1 saturated heterocycles. The maximum absolute atomic E-state index is 13.5. The Morgan fingerprint density at radius 1 is 1.00 bits per heavy atom. The van der Waals surface area contributed by atoms with Crippen LogP contribution in [0.2, 0.25) is 0 Å². The largest absolute Gasteiger partial charge is 0.336 e. The van der Waals surface area contributed by atoms with E-state index in [9.17, 15) is 9.59 Å². The Bertz CT molecular complexity index is 1110. The molecule has 1 fully saturated rings. The van der Waals surface area contributed by atoms with Crippen LogP contribution in [-0.4, -0.2) is 57.0 Å². The van der Waals surface area contributed by atoms with Crippen molar-refractivity contribution < 1.29 is 14.8 Å². The van der Waals surface area contributed by atoms with Crippen molar-refractivity contribution in [3.8, 4) is 11.1 Å². The van der Waals surface area contributed by atoms with Crippen LogP contribution in [0.15, 0.2) is 73.1 Å². The lowest BCUT2D eigenvalue weighted by atomic mass is 9.98. The van der Waals surface area contributed by atoms with Crippen LogP contribution in [-0.2, 0) is 6.54 Å². The van der Waals surface area contributed by atoms with Gasteiger partial charge in [0.25, 0.3) is 11.8 Å². The van der Waals surface area contributed by atoms with Crippen molar-refractivity contribution >= 4 is 11.8 Å². The van der Waals surface area contributed by atoms with Gasteiger partial charge in [0.1, 0.15) is 0 Å². The van der Waals surface area contributed by atoms with E-state index in [0.717, 1.165) is 23.2 Å². The van der Waals surface area contributed by atoms with Gasteiger partial charge in [-0.3, -0.25) is 24.7 Å². The summed E-state index contributed by atoms with van der Waals surface area (Å²) in [6.45, 7) is 6.26. The van der Waals surface area contributed by atoms with Crippen LogP contribution in [0.1, 0.15) is 40.1 Å². The highest BCUT2D eigenvalue weighted by Crippen LogP contribution is 2.26. The third-order valence-corrected chi connectivity index (χ3v) is 6.20. The number of benzene rings is 2. The Morgan fingerprint density at radius 2 is 1.70 bits per heavy atom. The van der Waals surface area contributed by atoms with E-state index in [1.807, 2.05) is 53.4 Å². The summed E-state index contributed by atoms with van der Waals surface area (Å²) >= 11 is 0. The molecule has 1 aromatic heterocycles. The van der Waals surface area contributed by atoms with E-state index in [4.69, 9.17) is 5.21 Å². The molecule has 170 valence electrons. The van der Waals surface area contributed by atoms with Crippen LogP contribution in [0.25, 0.3) is 11.1 Å². The Balaban J connectivity index is 1.47. The number of rotatable bonds is 5. The molecule has 4 rings (SSSR count). The molecule has 0 aliphatic carbocycles. The van der Waals surface area contributed by atoms with Crippen LogP contribution in [0.4, 0.5) is 0 Å². The highest BCUT2D eigenvalue weighted by Gasteiger charge is 2.32. The first-order valence-corrected chi connectivity index (χ1v) is 11.1. The summed E-state index contributed by atoms with van der Waals surface area (Å²) in [5.74, 6) is -0.492. The molecule has 2 N–H and O–H groups in total. The number of hydroxylamine groups is 1. The van der Waals surface area contributed by atoms with Crippen LogP contribution in [0, 0.1) is 0 Å². The maximum Gasteiger partial charge on any atom is 0.274 e.